The van der Waals surface area contributed by atoms with Crippen molar-refractivity contribution in [1.82, 2.24) is 5.32 Å². The molecule has 0 spiro atoms. The third-order valence-corrected chi connectivity index (χ3v) is 4.22. The van der Waals surface area contributed by atoms with Crippen LogP contribution in [0.4, 0.5) is 0 Å². The van der Waals surface area contributed by atoms with Gasteiger partial charge in [0.1, 0.15) is 6.04 Å². The zero-order valence-corrected chi connectivity index (χ0v) is 15.1. The molecule has 0 aliphatic carbocycles. The van der Waals surface area contributed by atoms with Crippen LogP contribution in [-0.2, 0) is 4.79 Å². The van der Waals surface area contributed by atoms with Gasteiger partial charge in [0.2, 0.25) is 5.75 Å². The van der Waals surface area contributed by atoms with E-state index < -0.39 is 17.9 Å². The Morgan fingerprint density at radius 1 is 1.17 bits per heavy atom. The third-order valence-electron chi connectivity index (χ3n) is 3.29. The lowest BCUT2D eigenvalue weighted by Gasteiger charge is -2.16. The van der Waals surface area contributed by atoms with Crippen molar-refractivity contribution in [2.75, 3.05) is 32.8 Å². The van der Waals surface area contributed by atoms with Gasteiger partial charge in [-0.3, -0.25) is 4.79 Å². The third kappa shape index (κ3) is 5.23. The molecule has 0 aromatic heterocycles. The second-order valence-electron chi connectivity index (χ2n) is 4.76. The van der Waals surface area contributed by atoms with Crippen molar-refractivity contribution in [3.05, 3.63) is 17.7 Å². The number of amides is 1. The second kappa shape index (κ2) is 9.92. The Kier molecular flexibility index (Phi) is 8.25. The van der Waals surface area contributed by atoms with E-state index in [4.69, 9.17) is 14.2 Å². The van der Waals surface area contributed by atoms with E-state index in [-0.39, 0.29) is 5.56 Å². The molecule has 0 radical (unpaired) electrons. The lowest BCUT2D eigenvalue weighted by molar-refractivity contribution is -0.139. The maximum atomic E-state index is 12.4. The number of carbonyl (C=O) groups excluding carboxylic acids is 1. The van der Waals surface area contributed by atoms with Crippen molar-refractivity contribution in [2.24, 2.45) is 0 Å². The van der Waals surface area contributed by atoms with Crippen LogP contribution < -0.4 is 19.5 Å². The molecule has 0 aliphatic rings. The normalized spacial score (nSPS) is 11.5. The molecule has 1 atom stereocenters. The number of ether oxygens (including phenoxy) is 3. The van der Waals surface area contributed by atoms with Crippen molar-refractivity contribution in [1.29, 1.82) is 0 Å². The molecule has 134 valence electrons. The van der Waals surface area contributed by atoms with Gasteiger partial charge in [-0.05, 0) is 30.1 Å². The van der Waals surface area contributed by atoms with Crippen molar-refractivity contribution in [3.63, 3.8) is 0 Å². The number of aliphatic carboxylic acids is 1. The fourth-order valence-electron chi connectivity index (χ4n) is 2.06. The number of benzene rings is 1. The molecule has 1 amide bonds. The van der Waals surface area contributed by atoms with Crippen molar-refractivity contribution >= 4 is 23.6 Å². The molecule has 0 saturated heterocycles. The highest BCUT2D eigenvalue weighted by Crippen LogP contribution is 2.38. The van der Waals surface area contributed by atoms with Crippen LogP contribution in [0.1, 0.15) is 23.7 Å². The molecule has 0 fully saturated rings. The van der Waals surface area contributed by atoms with Crippen molar-refractivity contribution in [3.8, 4) is 17.2 Å². The molecule has 7 nitrogen and oxygen atoms in total. The molecule has 1 aromatic carbocycles. The fraction of sp³-hybridized carbons (Fsp3) is 0.500. The smallest absolute Gasteiger partial charge is 0.326 e. The average Bonchev–Trinajstić information content (AvgIpc) is 2.59. The van der Waals surface area contributed by atoms with Gasteiger partial charge < -0.3 is 24.6 Å². The quantitative estimate of drug-likeness (QED) is 0.619. The number of carboxylic acid groups (broad SMARTS) is 1. The average molecular weight is 357 g/mol. The molecule has 1 aromatic rings. The minimum Gasteiger partial charge on any atom is -0.493 e. The van der Waals surface area contributed by atoms with Crippen LogP contribution in [0.5, 0.6) is 17.2 Å². The summed E-state index contributed by atoms with van der Waals surface area (Å²) >= 11 is 1.62. The summed E-state index contributed by atoms with van der Waals surface area (Å²) < 4.78 is 15.6. The maximum Gasteiger partial charge on any atom is 0.326 e. The number of thioether (sulfide) groups is 1. The minimum atomic E-state index is -1.06. The van der Waals surface area contributed by atoms with E-state index in [9.17, 15) is 14.7 Å². The summed E-state index contributed by atoms with van der Waals surface area (Å²) in [6.07, 6.45) is 0.351. The molecule has 0 heterocycles. The van der Waals surface area contributed by atoms with E-state index in [1.807, 2.05) is 6.92 Å². The highest BCUT2D eigenvalue weighted by Gasteiger charge is 2.22. The molecule has 8 heteroatoms. The molecule has 24 heavy (non-hydrogen) atoms. The number of rotatable bonds is 10. The Bertz CT molecular complexity index is 553. The second-order valence-corrected chi connectivity index (χ2v) is 6.16. The lowest BCUT2D eigenvalue weighted by Crippen LogP contribution is -2.41. The van der Waals surface area contributed by atoms with E-state index in [2.05, 4.69) is 5.32 Å². The molecular formula is C16H23NO6S. The summed E-state index contributed by atoms with van der Waals surface area (Å²) in [6, 6.07) is 2.02. The highest BCUT2D eigenvalue weighted by molar-refractivity contribution is 7.99. The first-order valence-corrected chi connectivity index (χ1v) is 8.55. The van der Waals surface area contributed by atoms with Gasteiger partial charge in [-0.25, -0.2) is 4.79 Å². The lowest BCUT2D eigenvalue weighted by atomic mass is 10.1. The van der Waals surface area contributed by atoms with Crippen LogP contribution >= 0.6 is 11.8 Å². The summed E-state index contributed by atoms with van der Waals surface area (Å²) in [5.74, 6) is 1.00. The van der Waals surface area contributed by atoms with Gasteiger partial charge in [0.15, 0.2) is 11.5 Å². The summed E-state index contributed by atoms with van der Waals surface area (Å²) in [5, 5.41) is 11.8. The fourth-order valence-corrected chi connectivity index (χ4v) is 2.75. The zero-order chi connectivity index (χ0) is 18.1. The zero-order valence-electron chi connectivity index (χ0n) is 14.3. The monoisotopic (exact) mass is 357 g/mol. The predicted molar refractivity (Wildman–Crippen MR) is 92.6 cm³/mol. The summed E-state index contributed by atoms with van der Waals surface area (Å²) in [5.41, 5.74) is 0.235. The molecule has 1 unspecified atom stereocenters. The first-order valence-electron chi connectivity index (χ1n) is 7.39. The van der Waals surface area contributed by atoms with Gasteiger partial charge >= 0.3 is 5.97 Å². The summed E-state index contributed by atoms with van der Waals surface area (Å²) in [4.78, 5) is 23.7. The van der Waals surface area contributed by atoms with E-state index >= 15 is 0 Å². The maximum absolute atomic E-state index is 12.4. The standard InChI is InChI=1S/C16H23NO6S/c1-5-24-7-6-11(16(19)20)17-15(18)10-8-12(21-2)14(23-4)13(9-10)22-3/h8-9,11H,5-7H2,1-4H3,(H,17,18)(H,19,20). The highest BCUT2D eigenvalue weighted by atomic mass is 32.2. The summed E-state index contributed by atoms with van der Waals surface area (Å²) in [7, 11) is 4.36. The molecule has 1 rings (SSSR count). The Morgan fingerprint density at radius 3 is 2.17 bits per heavy atom. The molecule has 0 saturated carbocycles. The van der Waals surface area contributed by atoms with E-state index in [0.29, 0.717) is 29.4 Å². The first kappa shape index (κ1) is 20.0. The van der Waals surface area contributed by atoms with Crippen LogP contribution in [0, 0.1) is 0 Å². The van der Waals surface area contributed by atoms with Gasteiger partial charge in [-0.15, -0.1) is 0 Å². The van der Waals surface area contributed by atoms with E-state index in [0.717, 1.165) is 5.75 Å². The van der Waals surface area contributed by atoms with Crippen LogP contribution in [-0.4, -0.2) is 55.9 Å². The number of carbonyl (C=O) groups is 2. The van der Waals surface area contributed by atoms with E-state index in [1.54, 1.807) is 11.8 Å². The summed E-state index contributed by atoms with van der Waals surface area (Å²) in [6.45, 7) is 1.99. The Labute approximate surface area is 145 Å². The van der Waals surface area contributed by atoms with Crippen LogP contribution in [0.2, 0.25) is 0 Å². The number of carboxylic acids is 1. The SMILES string of the molecule is CCSCCC(NC(=O)c1cc(OC)c(OC)c(OC)c1)C(=O)O. The Morgan fingerprint density at radius 2 is 1.75 bits per heavy atom. The van der Waals surface area contributed by atoms with Crippen molar-refractivity contribution < 1.29 is 28.9 Å². The van der Waals surface area contributed by atoms with Gasteiger partial charge in [0.05, 0.1) is 21.3 Å². The topological polar surface area (TPSA) is 94.1 Å². The first-order chi connectivity index (χ1) is 11.5. The van der Waals surface area contributed by atoms with Crippen LogP contribution in [0.3, 0.4) is 0 Å². The molecule has 2 N–H and O–H groups in total. The predicted octanol–water partition coefficient (Wildman–Crippen LogP) is 2.04. The molecule has 0 aliphatic heterocycles. The minimum absolute atomic E-state index is 0.235. The van der Waals surface area contributed by atoms with Gasteiger partial charge in [-0.1, -0.05) is 6.92 Å². The Hall–Kier alpha value is -2.09. The van der Waals surface area contributed by atoms with Gasteiger partial charge in [0.25, 0.3) is 5.91 Å². The van der Waals surface area contributed by atoms with Crippen LogP contribution in [0.25, 0.3) is 0 Å². The van der Waals surface area contributed by atoms with E-state index in [1.165, 1.54) is 33.5 Å². The number of nitrogens with one attached hydrogen (secondary N) is 1. The van der Waals surface area contributed by atoms with Crippen molar-refractivity contribution in [2.45, 2.75) is 19.4 Å². The van der Waals surface area contributed by atoms with Crippen LogP contribution in [0.15, 0.2) is 12.1 Å². The Balaban J connectivity index is 2.98. The number of methoxy groups -OCH3 is 3. The van der Waals surface area contributed by atoms with Gasteiger partial charge in [0, 0.05) is 5.56 Å². The molecule has 0 bridgehead atoms. The molecular weight excluding hydrogens is 334 g/mol. The number of hydrogen-bond acceptors (Lipinski definition) is 6. The number of hydrogen-bond donors (Lipinski definition) is 2. The largest absolute Gasteiger partial charge is 0.493 e. The van der Waals surface area contributed by atoms with Gasteiger partial charge in [-0.2, -0.15) is 11.8 Å².